The summed E-state index contributed by atoms with van der Waals surface area (Å²) >= 11 is 1.49. The van der Waals surface area contributed by atoms with E-state index in [1.165, 1.54) is 11.3 Å². The lowest BCUT2D eigenvalue weighted by molar-refractivity contribution is 0.566. The van der Waals surface area contributed by atoms with Crippen molar-refractivity contribution in [3.8, 4) is 17.3 Å². The second-order valence-corrected chi connectivity index (χ2v) is 4.88. The van der Waals surface area contributed by atoms with E-state index in [2.05, 4.69) is 11.1 Å². The Kier molecular flexibility index (Phi) is 3.75. The zero-order valence-electron chi connectivity index (χ0n) is 10.3. The fourth-order valence-corrected chi connectivity index (χ4v) is 2.32. The SMILES string of the molecule is CN(C)C=C(C#N)c1nc(-c2ccccc2)cs1. The zero-order valence-corrected chi connectivity index (χ0v) is 11.1. The molecule has 4 heteroatoms. The van der Waals surface area contributed by atoms with Gasteiger partial charge in [-0.25, -0.2) is 4.98 Å². The maximum Gasteiger partial charge on any atom is 0.136 e. The van der Waals surface area contributed by atoms with Gasteiger partial charge in [-0.1, -0.05) is 30.3 Å². The lowest BCUT2D eigenvalue weighted by atomic mass is 10.2. The first kappa shape index (κ1) is 12.3. The molecule has 1 aromatic carbocycles. The van der Waals surface area contributed by atoms with Crippen molar-refractivity contribution < 1.29 is 0 Å². The van der Waals surface area contributed by atoms with E-state index in [0.29, 0.717) is 5.57 Å². The molecule has 2 rings (SSSR count). The van der Waals surface area contributed by atoms with Gasteiger partial charge in [0.05, 0.1) is 5.69 Å². The van der Waals surface area contributed by atoms with Gasteiger partial charge in [0.1, 0.15) is 16.6 Å². The van der Waals surface area contributed by atoms with Crippen LogP contribution in [0.4, 0.5) is 0 Å². The molecule has 0 unspecified atom stereocenters. The quantitative estimate of drug-likeness (QED) is 0.790. The molecule has 0 aliphatic heterocycles. The van der Waals surface area contributed by atoms with Crippen LogP contribution in [0.3, 0.4) is 0 Å². The first-order chi connectivity index (χ1) is 8.70. The van der Waals surface area contributed by atoms with Gasteiger partial charge in [0.25, 0.3) is 0 Å². The van der Waals surface area contributed by atoms with Crippen molar-refractivity contribution in [2.45, 2.75) is 0 Å². The molecule has 0 aliphatic carbocycles. The Morgan fingerprint density at radius 3 is 2.67 bits per heavy atom. The van der Waals surface area contributed by atoms with Gasteiger partial charge in [-0.2, -0.15) is 5.26 Å². The summed E-state index contributed by atoms with van der Waals surface area (Å²) in [7, 11) is 3.78. The first-order valence-electron chi connectivity index (χ1n) is 5.50. The fraction of sp³-hybridized carbons (Fsp3) is 0.143. The van der Waals surface area contributed by atoms with E-state index in [0.717, 1.165) is 16.3 Å². The summed E-state index contributed by atoms with van der Waals surface area (Å²) in [4.78, 5) is 6.36. The van der Waals surface area contributed by atoms with Crippen molar-refractivity contribution in [3.63, 3.8) is 0 Å². The van der Waals surface area contributed by atoms with E-state index in [1.54, 1.807) is 6.20 Å². The summed E-state index contributed by atoms with van der Waals surface area (Å²) in [5.74, 6) is 0. The maximum atomic E-state index is 9.13. The predicted octanol–water partition coefficient (Wildman–Crippen LogP) is 3.24. The third kappa shape index (κ3) is 2.76. The minimum atomic E-state index is 0.590. The van der Waals surface area contributed by atoms with Gasteiger partial charge >= 0.3 is 0 Å². The van der Waals surface area contributed by atoms with Gasteiger partial charge < -0.3 is 4.90 Å². The second-order valence-electron chi connectivity index (χ2n) is 4.02. The lowest BCUT2D eigenvalue weighted by Crippen LogP contribution is -2.02. The molecule has 0 N–H and O–H groups in total. The van der Waals surface area contributed by atoms with Crippen molar-refractivity contribution >= 4 is 16.9 Å². The molecule has 18 heavy (non-hydrogen) atoms. The Bertz CT molecular complexity index is 591. The molecule has 0 fully saturated rings. The molecule has 3 nitrogen and oxygen atoms in total. The predicted molar refractivity (Wildman–Crippen MR) is 74.8 cm³/mol. The number of allylic oxidation sites excluding steroid dienone is 1. The molecule has 0 saturated heterocycles. The standard InChI is InChI=1S/C14H13N3S/c1-17(2)9-12(8-15)14-16-13(10-18-14)11-6-4-3-5-7-11/h3-7,9-10H,1-2H3. The largest absolute Gasteiger partial charge is 0.382 e. The monoisotopic (exact) mass is 255 g/mol. The van der Waals surface area contributed by atoms with Crippen LogP contribution in [0.15, 0.2) is 41.9 Å². The van der Waals surface area contributed by atoms with E-state index >= 15 is 0 Å². The van der Waals surface area contributed by atoms with Crippen molar-refractivity contribution in [1.29, 1.82) is 5.26 Å². The first-order valence-corrected chi connectivity index (χ1v) is 6.38. The molecule has 0 radical (unpaired) electrons. The molecular weight excluding hydrogens is 242 g/mol. The summed E-state index contributed by atoms with van der Waals surface area (Å²) in [5, 5.41) is 11.9. The molecule has 0 spiro atoms. The highest BCUT2D eigenvalue weighted by atomic mass is 32.1. The van der Waals surface area contributed by atoms with Crippen molar-refractivity contribution in [1.82, 2.24) is 9.88 Å². The normalized spacial score (nSPS) is 11.1. The highest BCUT2D eigenvalue weighted by Gasteiger charge is 2.08. The number of hydrogen-bond acceptors (Lipinski definition) is 4. The summed E-state index contributed by atoms with van der Waals surface area (Å²) < 4.78 is 0. The van der Waals surface area contributed by atoms with Gasteiger partial charge in [-0.3, -0.25) is 0 Å². The van der Waals surface area contributed by atoms with Crippen LogP contribution in [0, 0.1) is 11.3 Å². The Morgan fingerprint density at radius 2 is 2.06 bits per heavy atom. The molecule has 0 aliphatic rings. The van der Waals surface area contributed by atoms with Crippen LogP contribution in [-0.2, 0) is 0 Å². The minimum Gasteiger partial charge on any atom is -0.382 e. The van der Waals surface area contributed by atoms with Gasteiger partial charge in [0.15, 0.2) is 0 Å². The number of aromatic nitrogens is 1. The van der Waals surface area contributed by atoms with E-state index in [4.69, 9.17) is 5.26 Å². The minimum absolute atomic E-state index is 0.590. The van der Waals surface area contributed by atoms with Gasteiger partial charge in [0, 0.05) is 31.2 Å². The van der Waals surface area contributed by atoms with E-state index < -0.39 is 0 Å². The van der Waals surface area contributed by atoms with Crippen molar-refractivity contribution in [3.05, 3.63) is 46.9 Å². The van der Waals surface area contributed by atoms with E-state index in [9.17, 15) is 0 Å². The second kappa shape index (κ2) is 5.48. The molecule has 2 aromatic rings. The molecule has 1 aromatic heterocycles. The number of thiazole rings is 1. The third-order valence-corrected chi connectivity index (χ3v) is 3.19. The third-order valence-electron chi connectivity index (χ3n) is 2.31. The van der Waals surface area contributed by atoms with E-state index in [1.807, 2.05) is 54.7 Å². The van der Waals surface area contributed by atoms with Crippen LogP contribution >= 0.6 is 11.3 Å². The molecule has 90 valence electrons. The number of nitrogens with zero attached hydrogens (tertiary/aromatic N) is 3. The summed E-state index contributed by atoms with van der Waals surface area (Å²) in [6.07, 6.45) is 1.79. The Balaban J connectivity index is 2.34. The van der Waals surface area contributed by atoms with Crippen LogP contribution in [0.5, 0.6) is 0 Å². The molecule has 1 heterocycles. The zero-order chi connectivity index (χ0) is 13.0. The van der Waals surface area contributed by atoms with Crippen LogP contribution in [0.2, 0.25) is 0 Å². The molecule has 0 bridgehead atoms. The fourth-order valence-electron chi connectivity index (χ4n) is 1.53. The number of rotatable bonds is 3. The Morgan fingerprint density at radius 1 is 1.33 bits per heavy atom. The molecule has 0 saturated carbocycles. The van der Waals surface area contributed by atoms with Crippen molar-refractivity contribution in [2.75, 3.05) is 14.1 Å². The average Bonchev–Trinajstić information content (AvgIpc) is 2.86. The number of hydrogen-bond donors (Lipinski definition) is 0. The van der Waals surface area contributed by atoms with Gasteiger partial charge in [-0.05, 0) is 0 Å². The lowest BCUT2D eigenvalue weighted by Gasteiger charge is -2.04. The van der Waals surface area contributed by atoms with Crippen LogP contribution in [-0.4, -0.2) is 24.0 Å². The highest BCUT2D eigenvalue weighted by Crippen LogP contribution is 2.25. The number of nitriles is 1. The summed E-state index contributed by atoms with van der Waals surface area (Å²) in [6.45, 7) is 0. The average molecular weight is 255 g/mol. The topological polar surface area (TPSA) is 39.9 Å². The molecular formula is C14H13N3S. The van der Waals surface area contributed by atoms with Crippen LogP contribution < -0.4 is 0 Å². The highest BCUT2D eigenvalue weighted by molar-refractivity contribution is 7.11. The Labute approximate surface area is 111 Å². The summed E-state index contributed by atoms with van der Waals surface area (Å²) in [6, 6.07) is 12.1. The van der Waals surface area contributed by atoms with E-state index in [-0.39, 0.29) is 0 Å². The molecule has 0 atom stereocenters. The summed E-state index contributed by atoms with van der Waals surface area (Å²) in [5.41, 5.74) is 2.57. The number of benzene rings is 1. The van der Waals surface area contributed by atoms with Crippen LogP contribution in [0.1, 0.15) is 5.01 Å². The smallest absolute Gasteiger partial charge is 0.136 e. The van der Waals surface area contributed by atoms with Gasteiger partial charge in [-0.15, -0.1) is 11.3 Å². The molecule has 0 amide bonds. The van der Waals surface area contributed by atoms with Crippen LogP contribution in [0.25, 0.3) is 16.8 Å². The van der Waals surface area contributed by atoms with Gasteiger partial charge in [0.2, 0.25) is 0 Å². The van der Waals surface area contributed by atoms with Crippen molar-refractivity contribution in [2.24, 2.45) is 0 Å². The maximum absolute atomic E-state index is 9.13. The Hall–Kier alpha value is -2.12.